The number of anilines is 1. The zero-order valence-electron chi connectivity index (χ0n) is 12.9. The quantitative estimate of drug-likeness (QED) is 0.496. The molecule has 1 aliphatic heterocycles. The second-order valence-electron chi connectivity index (χ2n) is 6.38. The third-order valence-corrected chi connectivity index (χ3v) is 4.99. The summed E-state index contributed by atoms with van der Waals surface area (Å²) in [5.74, 6) is 0.654. The minimum Gasteiger partial charge on any atom is -0.377 e. The first kappa shape index (κ1) is 14.0. The monoisotopic (exact) mass is 306 g/mol. The minimum absolute atomic E-state index is 0.0354. The third kappa shape index (κ3) is 2.22. The fourth-order valence-electron chi connectivity index (χ4n) is 3.94. The molecule has 0 saturated carbocycles. The lowest BCUT2D eigenvalue weighted by atomic mass is 9.76. The van der Waals surface area contributed by atoms with Crippen LogP contribution in [0.25, 0.3) is 0 Å². The van der Waals surface area contributed by atoms with Crippen molar-refractivity contribution in [3.63, 3.8) is 0 Å². The van der Waals surface area contributed by atoms with Gasteiger partial charge in [0.05, 0.1) is 16.5 Å². The van der Waals surface area contributed by atoms with Gasteiger partial charge in [-0.3, -0.25) is 10.1 Å². The predicted molar refractivity (Wildman–Crippen MR) is 90.6 cm³/mol. The molecule has 1 heterocycles. The number of aryl methyl sites for hydroxylation is 1. The van der Waals surface area contributed by atoms with Gasteiger partial charge in [0.25, 0.3) is 5.69 Å². The van der Waals surface area contributed by atoms with Gasteiger partial charge in [0, 0.05) is 17.7 Å². The predicted octanol–water partition coefficient (Wildman–Crippen LogP) is 4.73. The SMILES string of the molecule is Cc1ccc2c(c1)[C@@H]1C=CC[C@@H]1[C@@H](c1ccccc1[N+](=O)[O-])N2. The fourth-order valence-corrected chi connectivity index (χ4v) is 3.94. The Morgan fingerprint density at radius 3 is 2.83 bits per heavy atom. The van der Waals surface area contributed by atoms with E-state index in [0.717, 1.165) is 17.7 Å². The van der Waals surface area contributed by atoms with Gasteiger partial charge in [-0.15, -0.1) is 0 Å². The van der Waals surface area contributed by atoms with Gasteiger partial charge in [-0.1, -0.05) is 48.0 Å². The van der Waals surface area contributed by atoms with Crippen molar-refractivity contribution >= 4 is 11.4 Å². The van der Waals surface area contributed by atoms with Crippen LogP contribution in [0.1, 0.15) is 35.1 Å². The van der Waals surface area contributed by atoms with Crippen molar-refractivity contribution in [2.45, 2.75) is 25.3 Å². The zero-order valence-corrected chi connectivity index (χ0v) is 12.9. The van der Waals surface area contributed by atoms with Gasteiger partial charge in [-0.05, 0) is 30.9 Å². The maximum Gasteiger partial charge on any atom is 0.274 e. The summed E-state index contributed by atoms with van der Waals surface area (Å²) < 4.78 is 0. The summed E-state index contributed by atoms with van der Waals surface area (Å²) in [7, 11) is 0. The minimum atomic E-state index is -0.279. The van der Waals surface area contributed by atoms with Crippen LogP contribution in [0, 0.1) is 23.0 Å². The van der Waals surface area contributed by atoms with Crippen LogP contribution in [0.2, 0.25) is 0 Å². The van der Waals surface area contributed by atoms with Crippen molar-refractivity contribution in [2.75, 3.05) is 5.32 Å². The van der Waals surface area contributed by atoms with Crippen molar-refractivity contribution in [3.8, 4) is 0 Å². The molecule has 2 aliphatic rings. The average Bonchev–Trinajstić information content (AvgIpc) is 3.04. The summed E-state index contributed by atoms with van der Waals surface area (Å²) in [4.78, 5) is 11.1. The van der Waals surface area contributed by atoms with Gasteiger partial charge in [0.1, 0.15) is 0 Å². The van der Waals surface area contributed by atoms with E-state index in [2.05, 4.69) is 42.6 Å². The lowest BCUT2D eigenvalue weighted by Crippen LogP contribution is -2.29. The Bertz CT molecular complexity index is 813. The molecule has 4 rings (SSSR count). The van der Waals surface area contributed by atoms with E-state index in [4.69, 9.17) is 0 Å². The molecule has 0 bridgehead atoms. The lowest BCUT2D eigenvalue weighted by Gasteiger charge is -2.37. The molecule has 1 N–H and O–H groups in total. The number of benzene rings is 2. The number of rotatable bonds is 2. The summed E-state index contributed by atoms with van der Waals surface area (Å²) in [6.45, 7) is 2.10. The molecule has 0 saturated heterocycles. The molecule has 4 nitrogen and oxygen atoms in total. The van der Waals surface area contributed by atoms with Gasteiger partial charge in [0.15, 0.2) is 0 Å². The van der Waals surface area contributed by atoms with Crippen LogP contribution >= 0.6 is 0 Å². The van der Waals surface area contributed by atoms with Gasteiger partial charge in [-0.25, -0.2) is 0 Å². The second-order valence-corrected chi connectivity index (χ2v) is 6.38. The highest BCUT2D eigenvalue weighted by molar-refractivity contribution is 5.62. The normalized spacial score (nSPS) is 24.7. The Labute approximate surface area is 135 Å². The topological polar surface area (TPSA) is 55.2 Å². The first-order valence-corrected chi connectivity index (χ1v) is 7.92. The number of hydrogen-bond donors (Lipinski definition) is 1. The maximum absolute atomic E-state index is 11.4. The highest BCUT2D eigenvalue weighted by Gasteiger charge is 2.40. The van der Waals surface area contributed by atoms with E-state index < -0.39 is 0 Å². The van der Waals surface area contributed by atoms with Gasteiger partial charge < -0.3 is 5.32 Å². The van der Waals surface area contributed by atoms with E-state index in [1.807, 2.05) is 12.1 Å². The number of para-hydroxylation sites is 1. The number of nitrogens with one attached hydrogen (secondary N) is 1. The van der Waals surface area contributed by atoms with Crippen LogP contribution < -0.4 is 5.32 Å². The molecule has 0 unspecified atom stereocenters. The van der Waals surface area contributed by atoms with Gasteiger partial charge >= 0.3 is 0 Å². The van der Waals surface area contributed by atoms with E-state index in [1.54, 1.807) is 12.1 Å². The zero-order chi connectivity index (χ0) is 16.0. The highest BCUT2D eigenvalue weighted by atomic mass is 16.6. The summed E-state index contributed by atoms with van der Waals surface area (Å²) in [6, 6.07) is 13.5. The number of nitro benzene ring substituents is 1. The van der Waals surface area contributed by atoms with Crippen LogP contribution in [-0.4, -0.2) is 4.92 Å². The van der Waals surface area contributed by atoms with Crippen LogP contribution in [0.4, 0.5) is 11.4 Å². The first-order valence-electron chi connectivity index (χ1n) is 7.92. The van der Waals surface area contributed by atoms with E-state index >= 15 is 0 Å². The fraction of sp³-hybridized carbons (Fsp3) is 0.263. The average molecular weight is 306 g/mol. The van der Waals surface area contributed by atoms with Gasteiger partial charge in [0.2, 0.25) is 0 Å². The van der Waals surface area contributed by atoms with Crippen LogP contribution in [0.5, 0.6) is 0 Å². The Morgan fingerprint density at radius 2 is 2.00 bits per heavy atom. The summed E-state index contributed by atoms with van der Waals surface area (Å²) in [5, 5.41) is 15.0. The van der Waals surface area contributed by atoms with Crippen LogP contribution in [0.3, 0.4) is 0 Å². The standard InChI is InChI=1S/C19H18N2O2/c1-12-9-10-17-16(11-12)13-6-4-7-14(13)19(20-17)15-5-2-3-8-18(15)21(22)23/h2-6,8-11,13-14,19-20H,7H2,1H3/t13-,14+,19+/m1/s1. The van der Waals surface area contributed by atoms with Crippen LogP contribution in [-0.2, 0) is 0 Å². The number of hydrogen-bond acceptors (Lipinski definition) is 3. The molecule has 2 aromatic rings. The van der Waals surface area contributed by atoms with Crippen molar-refractivity contribution < 1.29 is 4.92 Å². The van der Waals surface area contributed by atoms with E-state index in [-0.39, 0.29) is 16.7 Å². The molecule has 116 valence electrons. The summed E-state index contributed by atoms with van der Waals surface area (Å²) in [6.07, 6.45) is 5.41. The molecule has 4 heteroatoms. The van der Waals surface area contributed by atoms with Crippen molar-refractivity contribution in [1.29, 1.82) is 0 Å². The summed E-state index contributed by atoms with van der Waals surface area (Å²) in [5.41, 5.74) is 4.62. The number of allylic oxidation sites excluding steroid dienone is 2. The molecule has 1 aliphatic carbocycles. The molecule has 3 atom stereocenters. The molecule has 0 radical (unpaired) electrons. The third-order valence-electron chi connectivity index (χ3n) is 4.99. The molecule has 0 aromatic heterocycles. The molecular weight excluding hydrogens is 288 g/mol. The molecule has 2 aromatic carbocycles. The van der Waals surface area contributed by atoms with E-state index in [9.17, 15) is 10.1 Å². The molecule has 0 amide bonds. The van der Waals surface area contributed by atoms with E-state index in [0.29, 0.717) is 11.8 Å². The molecule has 0 fully saturated rings. The molecule has 23 heavy (non-hydrogen) atoms. The van der Waals surface area contributed by atoms with Gasteiger partial charge in [-0.2, -0.15) is 0 Å². The van der Waals surface area contributed by atoms with Crippen LogP contribution in [0.15, 0.2) is 54.6 Å². The smallest absolute Gasteiger partial charge is 0.274 e. The Morgan fingerprint density at radius 1 is 1.17 bits per heavy atom. The second kappa shape index (κ2) is 5.23. The largest absolute Gasteiger partial charge is 0.377 e. The van der Waals surface area contributed by atoms with Crippen molar-refractivity contribution in [1.82, 2.24) is 0 Å². The first-order chi connectivity index (χ1) is 11.1. The Kier molecular flexibility index (Phi) is 3.18. The Balaban J connectivity index is 1.83. The Hall–Kier alpha value is -2.62. The number of nitrogens with zero attached hydrogens (tertiary/aromatic N) is 1. The number of fused-ring (bicyclic) bond motifs is 3. The molecule has 0 spiro atoms. The maximum atomic E-state index is 11.4. The lowest BCUT2D eigenvalue weighted by molar-refractivity contribution is -0.385. The summed E-state index contributed by atoms with van der Waals surface area (Å²) >= 11 is 0. The number of nitro groups is 1. The van der Waals surface area contributed by atoms with Crippen molar-refractivity contribution in [2.24, 2.45) is 5.92 Å². The van der Waals surface area contributed by atoms with Crippen molar-refractivity contribution in [3.05, 3.63) is 81.4 Å². The van der Waals surface area contributed by atoms with E-state index in [1.165, 1.54) is 11.1 Å². The molecular formula is C19H18N2O2. The highest BCUT2D eigenvalue weighted by Crippen LogP contribution is 2.51.